The molecule has 0 atom stereocenters. The molecule has 0 aliphatic heterocycles. The number of carbonyl (C=O) groups is 1. The molecule has 0 aliphatic rings. The van der Waals surface area contributed by atoms with Gasteiger partial charge in [0.15, 0.2) is 5.78 Å². The number of rotatable bonds is 7. The van der Waals surface area contributed by atoms with Crippen molar-refractivity contribution in [3.8, 4) is 5.75 Å². The van der Waals surface area contributed by atoms with E-state index in [9.17, 15) is 9.18 Å². The molecule has 3 aromatic rings. The van der Waals surface area contributed by atoms with Gasteiger partial charge >= 0.3 is 0 Å². The van der Waals surface area contributed by atoms with Crippen molar-refractivity contribution in [2.75, 3.05) is 13.2 Å². The van der Waals surface area contributed by atoms with Crippen LogP contribution < -0.4 is 4.74 Å². The number of hydrogen-bond acceptors (Lipinski definition) is 4. The normalized spacial score (nSPS) is 10.6. The van der Waals surface area contributed by atoms with Crippen LogP contribution in [0.5, 0.6) is 5.75 Å². The largest absolute Gasteiger partial charge is 0.491 e. The van der Waals surface area contributed by atoms with Gasteiger partial charge in [-0.2, -0.15) is 0 Å². The Morgan fingerprint density at radius 1 is 1.00 bits per heavy atom. The van der Waals surface area contributed by atoms with Crippen molar-refractivity contribution >= 4 is 17.5 Å². The molecule has 5 heteroatoms. The van der Waals surface area contributed by atoms with E-state index < -0.39 is 5.82 Å². The third-order valence-corrected chi connectivity index (χ3v) is 4.98. The van der Waals surface area contributed by atoms with E-state index in [1.54, 1.807) is 36.4 Å². The maximum atomic E-state index is 14.5. The summed E-state index contributed by atoms with van der Waals surface area (Å²) in [4.78, 5) is 14.0. The molecule has 0 aliphatic carbocycles. The summed E-state index contributed by atoms with van der Waals surface area (Å²) in [7, 11) is 0. The van der Waals surface area contributed by atoms with Crippen LogP contribution in [0.3, 0.4) is 0 Å². The number of hydrogen-bond donors (Lipinski definition) is 1. The molecule has 0 aromatic heterocycles. The number of ether oxygens (including phenoxy) is 1. The van der Waals surface area contributed by atoms with Gasteiger partial charge in [-0.15, -0.1) is 0 Å². The highest BCUT2D eigenvalue weighted by atomic mass is 32.2. The van der Waals surface area contributed by atoms with Gasteiger partial charge in [-0.1, -0.05) is 29.5 Å². The first kappa shape index (κ1) is 19.1. The van der Waals surface area contributed by atoms with Crippen LogP contribution in [-0.4, -0.2) is 24.1 Å². The molecule has 0 heterocycles. The van der Waals surface area contributed by atoms with Crippen molar-refractivity contribution < 1.29 is 19.0 Å². The Morgan fingerprint density at radius 3 is 2.30 bits per heavy atom. The molecule has 0 unspecified atom stereocenters. The van der Waals surface area contributed by atoms with Crippen molar-refractivity contribution in [2.45, 2.75) is 16.7 Å². The quantitative estimate of drug-likeness (QED) is 0.591. The third kappa shape index (κ3) is 4.96. The second kappa shape index (κ2) is 8.84. The monoisotopic (exact) mass is 382 g/mol. The van der Waals surface area contributed by atoms with E-state index in [4.69, 9.17) is 9.84 Å². The minimum Gasteiger partial charge on any atom is -0.491 e. The Morgan fingerprint density at radius 2 is 1.67 bits per heavy atom. The molecule has 0 radical (unpaired) electrons. The van der Waals surface area contributed by atoms with Gasteiger partial charge in [0.05, 0.1) is 6.61 Å². The van der Waals surface area contributed by atoms with E-state index in [0.717, 1.165) is 10.5 Å². The highest BCUT2D eigenvalue weighted by Crippen LogP contribution is 2.30. The van der Waals surface area contributed by atoms with Gasteiger partial charge in [0.2, 0.25) is 0 Å². The van der Waals surface area contributed by atoms with E-state index in [1.165, 1.54) is 17.8 Å². The summed E-state index contributed by atoms with van der Waals surface area (Å²) in [6.45, 7) is 2.12. The zero-order valence-corrected chi connectivity index (χ0v) is 15.6. The average molecular weight is 382 g/mol. The van der Waals surface area contributed by atoms with Gasteiger partial charge in [-0.25, -0.2) is 4.39 Å². The molecule has 0 saturated heterocycles. The van der Waals surface area contributed by atoms with Gasteiger partial charge in [0, 0.05) is 20.9 Å². The number of aliphatic hydroxyl groups is 1. The van der Waals surface area contributed by atoms with Crippen LogP contribution >= 0.6 is 11.8 Å². The molecule has 3 aromatic carbocycles. The predicted octanol–water partition coefficient (Wildman–Crippen LogP) is 4.89. The lowest BCUT2D eigenvalue weighted by molar-refractivity contribution is 0.103. The molecule has 0 bridgehead atoms. The van der Waals surface area contributed by atoms with E-state index >= 15 is 0 Å². The van der Waals surface area contributed by atoms with Crippen LogP contribution in [0.15, 0.2) is 76.5 Å². The fourth-order valence-corrected chi connectivity index (χ4v) is 3.31. The number of halogens is 1. The van der Waals surface area contributed by atoms with Crippen LogP contribution in [0.25, 0.3) is 0 Å². The van der Waals surface area contributed by atoms with Crippen LogP contribution in [0.2, 0.25) is 0 Å². The van der Waals surface area contributed by atoms with E-state index in [1.807, 2.05) is 31.2 Å². The van der Waals surface area contributed by atoms with Crippen molar-refractivity contribution in [1.82, 2.24) is 0 Å². The molecule has 3 nitrogen and oxygen atoms in total. The lowest BCUT2D eigenvalue weighted by Crippen LogP contribution is -2.04. The molecule has 3 rings (SSSR count). The van der Waals surface area contributed by atoms with Crippen molar-refractivity contribution in [1.29, 1.82) is 0 Å². The standard InChI is InChI=1S/C22H19FO3S/c1-15-2-9-19(10-3-15)27-21-11-6-17(14-20(21)23)22(25)16-4-7-18(8-5-16)26-13-12-24/h2-11,14,24H,12-13H2,1H3. The smallest absolute Gasteiger partial charge is 0.193 e. The first-order valence-electron chi connectivity index (χ1n) is 8.49. The minimum absolute atomic E-state index is 0.0765. The van der Waals surface area contributed by atoms with Crippen molar-refractivity contribution in [2.24, 2.45) is 0 Å². The van der Waals surface area contributed by atoms with E-state index in [-0.39, 0.29) is 19.0 Å². The number of benzene rings is 3. The van der Waals surface area contributed by atoms with Crippen LogP contribution in [0.1, 0.15) is 21.5 Å². The summed E-state index contributed by atoms with van der Waals surface area (Å²) >= 11 is 1.33. The molecule has 0 saturated carbocycles. The molecule has 0 spiro atoms. The highest BCUT2D eigenvalue weighted by molar-refractivity contribution is 7.99. The number of aryl methyl sites for hydroxylation is 1. The summed E-state index contributed by atoms with van der Waals surface area (Å²) in [5, 5.41) is 8.76. The van der Waals surface area contributed by atoms with E-state index in [2.05, 4.69) is 0 Å². The number of ketones is 1. The topological polar surface area (TPSA) is 46.5 Å². The van der Waals surface area contributed by atoms with E-state index in [0.29, 0.717) is 21.8 Å². The molecule has 0 amide bonds. The number of carbonyl (C=O) groups excluding carboxylic acids is 1. The van der Waals surface area contributed by atoms with Crippen LogP contribution in [-0.2, 0) is 0 Å². The molecule has 27 heavy (non-hydrogen) atoms. The van der Waals surface area contributed by atoms with Gasteiger partial charge in [0.25, 0.3) is 0 Å². The molecule has 1 N–H and O–H groups in total. The zero-order chi connectivity index (χ0) is 19.2. The molecular formula is C22H19FO3S. The zero-order valence-electron chi connectivity index (χ0n) is 14.8. The molecule has 138 valence electrons. The Labute approximate surface area is 161 Å². The van der Waals surface area contributed by atoms with Crippen molar-refractivity contribution in [3.63, 3.8) is 0 Å². The lowest BCUT2D eigenvalue weighted by Gasteiger charge is -2.08. The minimum atomic E-state index is -0.422. The van der Waals surface area contributed by atoms with Crippen LogP contribution in [0.4, 0.5) is 4.39 Å². The van der Waals surface area contributed by atoms with Gasteiger partial charge in [-0.05, 0) is 61.5 Å². The molecule has 0 fully saturated rings. The maximum absolute atomic E-state index is 14.5. The average Bonchev–Trinajstić information content (AvgIpc) is 2.69. The van der Waals surface area contributed by atoms with Gasteiger partial charge in [0.1, 0.15) is 18.2 Å². The Balaban J connectivity index is 1.74. The Hall–Kier alpha value is -2.63. The summed E-state index contributed by atoms with van der Waals surface area (Å²) in [6.07, 6.45) is 0. The SMILES string of the molecule is Cc1ccc(Sc2ccc(C(=O)c3ccc(OCCO)cc3)cc2F)cc1. The second-order valence-corrected chi connectivity index (χ2v) is 7.10. The second-order valence-electron chi connectivity index (χ2n) is 5.99. The first-order chi connectivity index (χ1) is 13.1. The number of aliphatic hydroxyl groups excluding tert-OH is 1. The predicted molar refractivity (Wildman–Crippen MR) is 104 cm³/mol. The first-order valence-corrected chi connectivity index (χ1v) is 9.31. The third-order valence-electron chi connectivity index (χ3n) is 3.92. The highest BCUT2D eigenvalue weighted by Gasteiger charge is 2.13. The summed E-state index contributed by atoms with van der Waals surface area (Å²) < 4.78 is 19.7. The van der Waals surface area contributed by atoms with Gasteiger partial charge < -0.3 is 9.84 Å². The molecular weight excluding hydrogens is 363 g/mol. The summed E-state index contributed by atoms with van der Waals surface area (Å²) in [5.74, 6) is -0.111. The lowest BCUT2D eigenvalue weighted by atomic mass is 10.0. The summed E-state index contributed by atoms with van der Waals surface area (Å²) in [6, 6.07) is 18.9. The summed E-state index contributed by atoms with van der Waals surface area (Å²) in [5.41, 5.74) is 1.89. The fourth-order valence-electron chi connectivity index (χ4n) is 2.49. The van der Waals surface area contributed by atoms with Gasteiger partial charge in [-0.3, -0.25) is 4.79 Å². The maximum Gasteiger partial charge on any atom is 0.193 e. The Bertz CT molecular complexity index is 921. The fraction of sp³-hybridized carbons (Fsp3) is 0.136. The van der Waals surface area contributed by atoms with Crippen molar-refractivity contribution in [3.05, 3.63) is 89.2 Å². The van der Waals surface area contributed by atoms with Crippen LogP contribution in [0, 0.1) is 12.7 Å². The Kier molecular flexibility index (Phi) is 6.27.